The Labute approximate surface area is 98.6 Å². The first-order valence-electron chi connectivity index (χ1n) is 6.20. The fourth-order valence-electron chi connectivity index (χ4n) is 2.22. The maximum absolute atomic E-state index is 3.65. The number of benzene rings is 1. The van der Waals surface area contributed by atoms with Crippen molar-refractivity contribution in [1.29, 1.82) is 0 Å². The molecule has 0 amide bonds. The molecular formula is C15H21N. The first-order valence-corrected chi connectivity index (χ1v) is 6.20. The summed E-state index contributed by atoms with van der Waals surface area (Å²) in [6, 6.07) is 7.36. The molecule has 1 N–H and O–H groups in total. The van der Waals surface area contributed by atoms with Gasteiger partial charge in [-0.15, -0.1) is 0 Å². The second kappa shape index (κ2) is 5.31. The Bertz CT molecular complexity index is 379. The lowest BCUT2D eigenvalue weighted by atomic mass is 10.0. The van der Waals surface area contributed by atoms with Crippen molar-refractivity contribution >= 4 is 0 Å². The first-order chi connectivity index (χ1) is 7.75. The highest BCUT2D eigenvalue weighted by molar-refractivity contribution is 5.30. The van der Waals surface area contributed by atoms with Gasteiger partial charge in [0.25, 0.3) is 0 Å². The van der Waals surface area contributed by atoms with Crippen LogP contribution in [0.4, 0.5) is 0 Å². The summed E-state index contributed by atoms with van der Waals surface area (Å²) in [5, 5.41) is 3.65. The molecule has 0 saturated carbocycles. The van der Waals surface area contributed by atoms with Crippen molar-refractivity contribution in [1.82, 2.24) is 5.32 Å². The smallest absolute Gasteiger partial charge is 0.0210 e. The average Bonchev–Trinajstić information content (AvgIpc) is 2.32. The Morgan fingerprint density at radius 3 is 2.88 bits per heavy atom. The van der Waals surface area contributed by atoms with Gasteiger partial charge < -0.3 is 5.32 Å². The minimum absolute atomic E-state index is 0.671. The summed E-state index contributed by atoms with van der Waals surface area (Å²) in [7, 11) is 0. The van der Waals surface area contributed by atoms with E-state index in [4.69, 9.17) is 0 Å². The first kappa shape index (κ1) is 11.4. The van der Waals surface area contributed by atoms with Crippen molar-refractivity contribution in [2.24, 2.45) is 0 Å². The monoisotopic (exact) mass is 215 g/mol. The summed E-state index contributed by atoms with van der Waals surface area (Å²) in [6.07, 6.45) is 8.27. The number of hydrogen-bond donors (Lipinski definition) is 1. The molecule has 1 heteroatoms. The predicted octanol–water partition coefficient (Wildman–Crippen LogP) is 3.50. The summed E-state index contributed by atoms with van der Waals surface area (Å²) in [4.78, 5) is 0. The van der Waals surface area contributed by atoms with Crippen LogP contribution in [0.15, 0.2) is 30.4 Å². The molecule has 0 heterocycles. The van der Waals surface area contributed by atoms with E-state index >= 15 is 0 Å². The topological polar surface area (TPSA) is 12.0 Å². The molecule has 1 aliphatic rings. The standard InChI is InChI=1S/C15H21N/c1-12-8-9-13(2)14(10-12)11-16-15-6-4-3-5-7-15/h3-4,8-10,15-16H,5-7,11H2,1-2H3. The highest BCUT2D eigenvalue weighted by atomic mass is 14.9. The highest BCUT2D eigenvalue weighted by Gasteiger charge is 2.09. The normalized spacial score (nSPS) is 20.0. The van der Waals surface area contributed by atoms with Crippen molar-refractivity contribution in [3.63, 3.8) is 0 Å². The molecule has 2 rings (SSSR count). The minimum atomic E-state index is 0.671. The Morgan fingerprint density at radius 1 is 1.25 bits per heavy atom. The molecule has 0 fully saturated rings. The van der Waals surface area contributed by atoms with Gasteiger partial charge in [-0.3, -0.25) is 0 Å². The molecule has 0 bridgehead atoms. The Hall–Kier alpha value is -1.08. The minimum Gasteiger partial charge on any atom is -0.310 e. The fraction of sp³-hybridized carbons (Fsp3) is 0.467. The van der Waals surface area contributed by atoms with E-state index in [-0.39, 0.29) is 0 Å². The molecule has 0 aliphatic heterocycles. The highest BCUT2D eigenvalue weighted by Crippen LogP contribution is 2.14. The molecule has 1 aliphatic carbocycles. The summed E-state index contributed by atoms with van der Waals surface area (Å²) in [5.74, 6) is 0. The lowest BCUT2D eigenvalue weighted by Crippen LogP contribution is -2.29. The van der Waals surface area contributed by atoms with Gasteiger partial charge in [0.15, 0.2) is 0 Å². The summed E-state index contributed by atoms with van der Waals surface area (Å²) in [6.45, 7) is 5.36. The second-order valence-corrected chi connectivity index (χ2v) is 4.79. The molecule has 0 aromatic heterocycles. The predicted molar refractivity (Wildman–Crippen MR) is 69.5 cm³/mol. The molecule has 1 unspecified atom stereocenters. The van der Waals surface area contributed by atoms with Crippen LogP contribution in [-0.4, -0.2) is 6.04 Å². The third-order valence-corrected chi connectivity index (χ3v) is 3.35. The Kier molecular flexibility index (Phi) is 3.79. The molecule has 1 aromatic rings. The molecule has 0 radical (unpaired) electrons. The maximum atomic E-state index is 3.65. The van der Waals surface area contributed by atoms with E-state index in [0.717, 1.165) is 6.54 Å². The largest absolute Gasteiger partial charge is 0.310 e. The van der Waals surface area contributed by atoms with Crippen molar-refractivity contribution in [3.8, 4) is 0 Å². The third-order valence-electron chi connectivity index (χ3n) is 3.35. The van der Waals surface area contributed by atoms with Crippen LogP contribution in [0.5, 0.6) is 0 Å². The fourth-order valence-corrected chi connectivity index (χ4v) is 2.22. The van der Waals surface area contributed by atoms with E-state index in [2.05, 4.69) is 49.5 Å². The van der Waals surface area contributed by atoms with Gasteiger partial charge in [-0.25, -0.2) is 0 Å². The Morgan fingerprint density at radius 2 is 2.12 bits per heavy atom. The van der Waals surface area contributed by atoms with Crippen LogP contribution in [0.3, 0.4) is 0 Å². The van der Waals surface area contributed by atoms with Gasteiger partial charge in [-0.1, -0.05) is 35.9 Å². The molecule has 1 nitrogen and oxygen atoms in total. The van der Waals surface area contributed by atoms with E-state index in [0.29, 0.717) is 6.04 Å². The van der Waals surface area contributed by atoms with Crippen LogP contribution in [0.2, 0.25) is 0 Å². The number of hydrogen-bond acceptors (Lipinski definition) is 1. The number of nitrogens with one attached hydrogen (secondary N) is 1. The van der Waals surface area contributed by atoms with Crippen LogP contribution < -0.4 is 5.32 Å². The quantitative estimate of drug-likeness (QED) is 0.761. The summed E-state index contributed by atoms with van der Waals surface area (Å²) >= 11 is 0. The van der Waals surface area contributed by atoms with Gasteiger partial charge in [-0.05, 0) is 44.2 Å². The molecule has 1 atom stereocenters. The van der Waals surface area contributed by atoms with Crippen molar-refractivity contribution in [3.05, 3.63) is 47.0 Å². The maximum Gasteiger partial charge on any atom is 0.0210 e. The molecular weight excluding hydrogens is 194 g/mol. The second-order valence-electron chi connectivity index (χ2n) is 4.79. The van der Waals surface area contributed by atoms with Gasteiger partial charge in [0.2, 0.25) is 0 Å². The van der Waals surface area contributed by atoms with Crippen LogP contribution >= 0.6 is 0 Å². The number of allylic oxidation sites excluding steroid dienone is 1. The van der Waals surface area contributed by atoms with Crippen molar-refractivity contribution in [2.75, 3.05) is 0 Å². The lowest BCUT2D eigenvalue weighted by Gasteiger charge is -2.20. The number of aryl methyl sites for hydroxylation is 2. The van der Waals surface area contributed by atoms with Crippen LogP contribution in [0.25, 0.3) is 0 Å². The third kappa shape index (κ3) is 2.96. The summed E-state index contributed by atoms with van der Waals surface area (Å²) < 4.78 is 0. The van der Waals surface area contributed by atoms with Crippen LogP contribution in [0.1, 0.15) is 36.0 Å². The zero-order chi connectivity index (χ0) is 11.4. The SMILES string of the molecule is Cc1ccc(C)c(CNC2CC=CCC2)c1. The molecule has 86 valence electrons. The van der Waals surface area contributed by atoms with Crippen LogP contribution in [-0.2, 0) is 6.54 Å². The van der Waals surface area contributed by atoms with E-state index < -0.39 is 0 Å². The van der Waals surface area contributed by atoms with Gasteiger partial charge >= 0.3 is 0 Å². The van der Waals surface area contributed by atoms with E-state index in [1.54, 1.807) is 0 Å². The zero-order valence-electron chi connectivity index (χ0n) is 10.3. The average molecular weight is 215 g/mol. The van der Waals surface area contributed by atoms with E-state index in [1.165, 1.54) is 36.0 Å². The van der Waals surface area contributed by atoms with Gasteiger partial charge in [0.05, 0.1) is 0 Å². The Balaban J connectivity index is 1.93. The van der Waals surface area contributed by atoms with E-state index in [1.807, 2.05) is 0 Å². The molecule has 1 aromatic carbocycles. The molecule has 16 heavy (non-hydrogen) atoms. The van der Waals surface area contributed by atoms with Gasteiger partial charge in [0.1, 0.15) is 0 Å². The zero-order valence-corrected chi connectivity index (χ0v) is 10.3. The summed E-state index contributed by atoms with van der Waals surface area (Å²) in [5.41, 5.74) is 4.19. The van der Waals surface area contributed by atoms with Gasteiger partial charge in [0, 0.05) is 12.6 Å². The molecule has 0 saturated heterocycles. The number of rotatable bonds is 3. The van der Waals surface area contributed by atoms with Crippen LogP contribution in [0, 0.1) is 13.8 Å². The lowest BCUT2D eigenvalue weighted by molar-refractivity contribution is 0.474. The van der Waals surface area contributed by atoms with Crippen molar-refractivity contribution in [2.45, 2.75) is 45.7 Å². The molecule has 0 spiro atoms. The van der Waals surface area contributed by atoms with Crippen molar-refractivity contribution < 1.29 is 0 Å². The van der Waals surface area contributed by atoms with E-state index in [9.17, 15) is 0 Å². The van der Waals surface area contributed by atoms with Gasteiger partial charge in [-0.2, -0.15) is 0 Å².